The molecule has 0 aromatic heterocycles. The Morgan fingerprint density at radius 1 is 1.29 bits per heavy atom. The van der Waals surface area contributed by atoms with E-state index in [0.717, 1.165) is 18.2 Å². The summed E-state index contributed by atoms with van der Waals surface area (Å²) in [4.78, 5) is 22.4. The quantitative estimate of drug-likeness (QED) is 0.507. The number of anilines is 1. The maximum Gasteiger partial charge on any atom is 0.270 e. The third-order valence-corrected chi connectivity index (χ3v) is 4.16. The first-order valence-electron chi connectivity index (χ1n) is 6.74. The van der Waals surface area contributed by atoms with E-state index in [4.69, 9.17) is 4.74 Å². The number of hydrogen-bond acceptors (Lipinski definition) is 5. The van der Waals surface area contributed by atoms with Gasteiger partial charge in [0.15, 0.2) is 0 Å². The van der Waals surface area contributed by atoms with Crippen LogP contribution in [0.5, 0.6) is 11.5 Å². The number of benzene rings is 2. The van der Waals surface area contributed by atoms with Gasteiger partial charge in [-0.25, -0.2) is 0 Å². The van der Waals surface area contributed by atoms with Crippen LogP contribution in [0.1, 0.15) is 17.3 Å². The van der Waals surface area contributed by atoms with Crippen LogP contribution in [-0.2, 0) is 0 Å². The molecule has 2 aromatic carbocycles. The number of nitrogens with one attached hydrogen (secondary N) is 1. The van der Waals surface area contributed by atoms with Gasteiger partial charge in [0.25, 0.3) is 11.6 Å². The van der Waals surface area contributed by atoms with Crippen LogP contribution in [0.25, 0.3) is 0 Å². The second-order valence-electron chi connectivity index (χ2n) is 4.61. The summed E-state index contributed by atoms with van der Waals surface area (Å²) in [5, 5.41) is 23.1. The van der Waals surface area contributed by atoms with Gasteiger partial charge < -0.3 is 15.2 Å². The van der Waals surface area contributed by atoms with Gasteiger partial charge in [-0.2, -0.15) is 0 Å². The number of rotatable bonds is 5. The molecular weight excluding hydrogens is 448 g/mol. The number of nitro benzene ring substituents is 1. The van der Waals surface area contributed by atoms with E-state index in [-0.39, 0.29) is 17.0 Å². The second kappa shape index (κ2) is 7.63. The maximum absolute atomic E-state index is 12.3. The Balaban J connectivity index is 2.30. The fourth-order valence-corrected chi connectivity index (χ4v) is 3.35. The second-order valence-corrected chi connectivity index (χ2v) is 6.32. The van der Waals surface area contributed by atoms with E-state index in [0.29, 0.717) is 27.0 Å². The van der Waals surface area contributed by atoms with Gasteiger partial charge in [0.05, 0.1) is 26.0 Å². The molecule has 0 fully saturated rings. The number of amides is 1. The first-order valence-corrected chi connectivity index (χ1v) is 8.32. The molecule has 0 unspecified atom stereocenters. The van der Waals surface area contributed by atoms with Crippen molar-refractivity contribution in [2.45, 2.75) is 6.92 Å². The highest BCUT2D eigenvalue weighted by atomic mass is 79.9. The first-order chi connectivity index (χ1) is 11.3. The van der Waals surface area contributed by atoms with E-state index in [1.54, 1.807) is 12.1 Å². The molecule has 0 saturated carbocycles. The minimum Gasteiger partial charge on any atom is -0.507 e. The monoisotopic (exact) mass is 458 g/mol. The number of hydrogen-bond donors (Lipinski definition) is 2. The molecule has 0 saturated heterocycles. The molecule has 0 spiro atoms. The Hall–Kier alpha value is -2.13. The lowest BCUT2D eigenvalue weighted by Crippen LogP contribution is -2.12. The predicted octanol–water partition coefficient (Wildman–Crippen LogP) is 4.48. The summed E-state index contributed by atoms with van der Waals surface area (Å²) in [7, 11) is 0. The normalized spacial score (nSPS) is 10.3. The zero-order chi connectivity index (χ0) is 17.9. The molecule has 24 heavy (non-hydrogen) atoms. The van der Waals surface area contributed by atoms with Crippen LogP contribution in [0.4, 0.5) is 11.4 Å². The van der Waals surface area contributed by atoms with Gasteiger partial charge in [-0.1, -0.05) is 0 Å². The summed E-state index contributed by atoms with van der Waals surface area (Å²) in [5.74, 6) is -0.421. The van der Waals surface area contributed by atoms with Gasteiger partial charge in [0.2, 0.25) is 0 Å². The smallest absolute Gasteiger partial charge is 0.270 e. The number of nitro groups is 1. The van der Waals surface area contributed by atoms with Crippen molar-refractivity contribution in [1.82, 2.24) is 0 Å². The van der Waals surface area contributed by atoms with Crippen molar-refractivity contribution in [3.63, 3.8) is 0 Å². The summed E-state index contributed by atoms with van der Waals surface area (Å²) in [6.45, 7) is 2.32. The molecule has 0 atom stereocenters. The average Bonchev–Trinajstić information content (AvgIpc) is 2.51. The van der Waals surface area contributed by atoms with E-state index in [1.807, 2.05) is 6.92 Å². The number of ether oxygens (including phenoxy) is 1. The molecule has 126 valence electrons. The Morgan fingerprint density at radius 3 is 2.46 bits per heavy atom. The number of halogens is 2. The Morgan fingerprint density at radius 2 is 1.92 bits per heavy atom. The highest BCUT2D eigenvalue weighted by Gasteiger charge is 2.18. The zero-order valence-electron chi connectivity index (χ0n) is 12.4. The van der Waals surface area contributed by atoms with Crippen molar-refractivity contribution < 1.29 is 19.6 Å². The summed E-state index contributed by atoms with van der Waals surface area (Å²) in [6.07, 6.45) is 0. The van der Waals surface area contributed by atoms with Crippen molar-refractivity contribution in [2.24, 2.45) is 0 Å². The molecule has 0 aliphatic heterocycles. The van der Waals surface area contributed by atoms with Crippen LogP contribution >= 0.6 is 31.9 Å². The summed E-state index contributed by atoms with van der Waals surface area (Å²) >= 11 is 6.69. The minimum atomic E-state index is -0.667. The number of phenolic OH excluding ortho intramolecular Hbond substituents is 1. The SMILES string of the molecule is CCOc1c(Br)cc(NC(=O)c2cc([N+](=O)[O-])ccc2O)cc1Br. The zero-order valence-corrected chi connectivity index (χ0v) is 15.5. The van der Waals surface area contributed by atoms with Crippen LogP contribution in [0, 0.1) is 10.1 Å². The molecule has 1 amide bonds. The molecule has 0 aliphatic carbocycles. The molecule has 0 aliphatic rings. The van der Waals surface area contributed by atoms with Gasteiger partial charge in [0, 0.05) is 17.8 Å². The van der Waals surface area contributed by atoms with E-state index >= 15 is 0 Å². The predicted molar refractivity (Wildman–Crippen MR) is 95.7 cm³/mol. The van der Waals surface area contributed by atoms with Gasteiger partial charge >= 0.3 is 0 Å². The summed E-state index contributed by atoms with van der Waals surface area (Å²) < 4.78 is 6.70. The number of carbonyl (C=O) groups is 1. The minimum absolute atomic E-state index is 0.190. The lowest BCUT2D eigenvalue weighted by Gasteiger charge is -2.12. The van der Waals surface area contributed by atoms with Gasteiger partial charge in [-0.05, 0) is 57.0 Å². The average molecular weight is 460 g/mol. The molecule has 2 rings (SSSR count). The molecule has 9 heteroatoms. The number of phenols is 1. The number of aromatic hydroxyl groups is 1. The number of nitrogens with zero attached hydrogens (tertiary/aromatic N) is 1. The van der Waals surface area contributed by atoms with Crippen LogP contribution in [0.2, 0.25) is 0 Å². The maximum atomic E-state index is 12.3. The third kappa shape index (κ3) is 4.04. The van der Waals surface area contributed by atoms with Crippen LogP contribution in [-0.4, -0.2) is 22.5 Å². The molecule has 2 aromatic rings. The van der Waals surface area contributed by atoms with Gasteiger partial charge in [0.1, 0.15) is 11.5 Å². The molecular formula is C15H12Br2N2O5. The van der Waals surface area contributed by atoms with Crippen LogP contribution in [0.3, 0.4) is 0 Å². The van der Waals surface area contributed by atoms with Crippen molar-refractivity contribution in [1.29, 1.82) is 0 Å². The van der Waals surface area contributed by atoms with Crippen molar-refractivity contribution >= 4 is 49.1 Å². The Bertz CT molecular complexity index is 787. The summed E-state index contributed by atoms with van der Waals surface area (Å²) in [5.41, 5.74) is -0.0505. The number of non-ortho nitro benzene ring substituents is 1. The Labute approximate surface area is 154 Å². The van der Waals surface area contributed by atoms with Crippen molar-refractivity contribution in [2.75, 3.05) is 11.9 Å². The Kier molecular flexibility index (Phi) is 5.79. The molecule has 2 N–H and O–H groups in total. The van der Waals surface area contributed by atoms with E-state index in [1.165, 1.54) is 0 Å². The molecule has 0 bridgehead atoms. The third-order valence-electron chi connectivity index (χ3n) is 2.98. The lowest BCUT2D eigenvalue weighted by molar-refractivity contribution is -0.384. The van der Waals surface area contributed by atoms with Crippen LogP contribution < -0.4 is 10.1 Å². The van der Waals surface area contributed by atoms with E-state index in [9.17, 15) is 20.0 Å². The first kappa shape index (κ1) is 18.2. The highest BCUT2D eigenvalue weighted by Crippen LogP contribution is 2.36. The van der Waals surface area contributed by atoms with Crippen molar-refractivity contribution in [3.05, 3.63) is 55.0 Å². The van der Waals surface area contributed by atoms with Gasteiger partial charge in [-0.3, -0.25) is 14.9 Å². The van der Waals surface area contributed by atoms with Crippen molar-refractivity contribution in [3.8, 4) is 11.5 Å². The number of carbonyl (C=O) groups excluding carboxylic acids is 1. The fraction of sp³-hybridized carbons (Fsp3) is 0.133. The largest absolute Gasteiger partial charge is 0.507 e. The fourth-order valence-electron chi connectivity index (χ4n) is 1.93. The molecule has 0 heterocycles. The lowest BCUT2D eigenvalue weighted by atomic mass is 10.1. The summed E-state index contributed by atoms with van der Waals surface area (Å²) in [6, 6.07) is 6.50. The topological polar surface area (TPSA) is 102 Å². The molecule has 0 radical (unpaired) electrons. The van der Waals surface area contributed by atoms with E-state index in [2.05, 4.69) is 37.2 Å². The standard InChI is InChI=1S/C15H12Br2N2O5/c1-2-24-14-11(16)5-8(6-12(14)17)18-15(21)10-7-9(19(22)23)3-4-13(10)20/h3-7,20H,2H2,1H3,(H,18,21). The van der Waals surface area contributed by atoms with E-state index < -0.39 is 10.8 Å². The highest BCUT2D eigenvalue weighted by molar-refractivity contribution is 9.11. The molecule has 7 nitrogen and oxygen atoms in total. The van der Waals surface area contributed by atoms with Gasteiger partial charge in [-0.15, -0.1) is 0 Å². The van der Waals surface area contributed by atoms with Crippen LogP contribution in [0.15, 0.2) is 39.3 Å².